The normalized spacial score (nSPS) is 12.5. The zero-order chi connectivity index (χ0) is 16.2. The van der Waals surface area contributed by atoms with Crippen LogP contribution in [0.15, 0.2) is 0 Å². The van der Waals surface area contributed by atoms with E-state index in [1.807, 2.05) is 0 Å². The minimum absolute atomic E-state index is 0.154. The topological polar surface area (TPSA) is 160 Å². The van der Waals surface area contributed by atoms with Gasteiger partial charge < -0.3 is 20.9 Å². The SMILES string of the molecule is CC(C)(C)OC(=O)C[C@H](NC(=O)c1nc(N)n[nH]1)C(=O)O. The highest BCUT2D eigenvalue weighted by molar-refractivity contribution is 5.94. The number of aromatic nitrogens is 3. The summed E-state index contributed by atoms with van der Waals surface area (Å²) in [7, 11) is 0. The molecule has 0 aliphatic heterocycles. The summed E-state index contributed by atoms with van der Waals surface area (Å²) in [5, 5.41) is 16.8. The molecule has 10 heteroatoms. The fourth-order valence-electron chi connectivity index (χ4n) is 1.35. The number of nitrogens with zero attached hydrogens (tertiary/aromatic N) is 2. The minimum atomic E-state index is -1.45. The Hall–Kier alpha value is -2.65. The van der Waals surface area contributed by atoms with Gasteiger partial charge in [-0.1, -0.05) is 0 Å². The Morgan fingerprint density at radius 3 is 2.48 bits per heavy atom. The van der Waals surface area contributed by atoms with Gasteiger partial charge in [-0.15, -0.1) is 5.10 Å². The van der Waals surface area contributed by atoms with E-state index in [-0.39, 0.29) is 11.8 Å². The van der Waals surface area contributed by atoms with Crippen molar-refractivity contribution in [2.75, 3.05) is 5.73 Å². The van der Waals surface area contributed by atoms with Gasteiger partial charge in [0.2, 0.25) is 11.8 Å². The van der Waals surface area contributed by atoms with Gasteiger partial charge in [0.05, 0.1) is 6.42 Å². The maximum atomic E-state index is 11.7. The summed E-state index contributed by atoms with van der Waals surface area (Å²) < 4.78 is 5.00. The first-order chi connectivity index (χ1) is 9.58. The standard InChI is InChI=1S/C11H17N5O5/c1-11(2,3)21-6(17)4-5(9(19)20)13-8(18)7-14-10(12)16-15-7/h5H,4H2,1-3H3,(H,13,18)(H,19,20)(H3,12,14,15,16)/t5-/m0/s1. The van der Waals surface area contributed by atoms with Crippen molar-refractivity contribution in [3.05, 3.63) is 5.82 Å². The van der Waals surface area contributed by atoms with E-state index in [0.717, 1.165) is 0 Å². The highest BCUT2D eigenvalue weighted by Gasteiger charge is 2.27. The van der Waals surface area contributed by atoms with Gasteiger partial charge in [0, 0.05) is 0 Å². The third-order valence-electron chi connectivity index (χ3n) is 2.11. The lowest BCUT2D eigenvalue weighted by Gasteiger charge is -2.21. The number of rotatable bonds is 5. The number of carboxylic acids is 1. The van der Waals surface area contributed by atoms with Crippen LogP contribution >= 0.6 is 0 Å². The second-order valence-corrected chi connectivity index (χ2v) is 5.20. The van der Waals surface area contributed by atoms with Gasteiger partial charge in [-0.2, -0.15) is 4.98 Å². The summed E-state index contributed by atoms with van der Waals surface area (Å²) >= 11 is 0. The Labute approximate surface area is 120 Å². The van der Waals surface area contributed by atoms with Crippen LogP contribution in [-0.4, -0.2) is 49.8 Å². The van der Waals surface area contributed by atoms with Crippen molar-refractivity contribution >= 4 is 23.8 Å². The van der Waals surface area contributed by atoms with Gasteiger partial charge in [0.1, 0.15) is 11.6 Å². The smallest absolute Gasteiger partial charge is 0.326 e. The van der Waals surface area contributed by atoms with Crippen LogP contribution in [0.25, 0.3) is 0 Å². The molecule has 1 heterocycles. The predicted octanol–water partition coefficient (Wildman–Crippen LogP) is -0.698. The third kappa shape index (κ3) is 5.47. The molecule has 5 N–H and O–H groups in total. The first kappa shape index (κ1) is 16.4. The van der Waals surface area contributed by atoms with Crippen LogP contribution in [0.4, 0.5) is 5.95 Å². The summed E-state index contributed by atoms with van der Waals surface area (Å²) in [4.78, 5) is 38.0. The van der Waals surface area contributed by atoms with Crippen LogP contribution < -0.4 is 11.1 Å². The van der Waals surface area contributed by atoms with E-state index in [2.05, 4.69) is 20.5 Å². The Bertz CT molecular complexity index is 547. The van der Waals surface area contributed by atoms with Crippen LogP contribution in [0.3, 0.4) is 0 Å². The minimum Gasteiger partial charge on any atom is -0.480 e. The average Bonchev–Trinajstić information content (AvgIpc) is 2.72. The number of aliphatic carboxylic acids is 1. The molecule has 0 radical (unpaired) electrons. The van der Waals surface area contributed by atoms with Crippen LogP contribution in [0.2, 0.25) is 0 Å². The maximum Gasteiger partial charge on any atom is 0.326 e. The van der Waals surface area contributed by atoms with Crippen LogP contribution in [0, 0.1) is 0 Å². The summed E-state index contributed by atoms with van der Waals surface area (Å²) in [5.41, 5.74) is 4.49. The molecule has 1 aromatic heterocycles. The van der Waals surface area contributed by atoms with Crippen molar-refractivity contribution in [3.8, 4) is 0 Å². The first-order valence-electron chi connectivity index (χ1n) is 6.02. The Kier molecular flexibility index (Phi) is 4.84. The molecule has 0 saturated carbocycles. The van der Waals surface area contributed by atoms with Crippen LogP contribution in [0.1, 0.15) is 37.8 Å². The number of nitrogens with two attached hydrogens (primary N) is 1. The molecule has 0 aliphatic rings. The molecule has 0 saturated heterocycles. The summed E-state index contributed by atoms with van der Waals surface area (Å²) in [6.07, 6.45) is -0.512. The van der Waals surface area contributed by atoms with Crippen molar-refractivity contribution < 1.29 is 24.2 Å². The number of nitrogen functional groups attached to an aromatic ring is 1. The number of amides is 1. The van der Waals surface area contributed by atoms with Gasteiger partial charge in [-0.05, 0) is 20.8 Å². The number of nitrogens with one attached hydrogen (secondary N) is 2. The van der Waals surface area contributed by atoms with Crippen molar-refractivity contribution in [1.82, 2.24) is 20.5 Å². The fourth-order valence-corrected chi connectivity index (χ4v) is 1.35. The molecule has 21 heavy (non-hydrogen) atoms. The molecule has 1 rings (SSSR count). The van der Waals surface area contributed by atoms with Gasteiger partial charge in [-0.3, -0.25) is 14.7 Å². The second-order valence-electron chi connectivity index (χ2n) is 5.20. The van der Waals surface area contributed by atoms with Gasteiger partial charge in [0.25, 0.3) is 5.91 Å². The molecule has 0 bridgehead atoms. The molecule has 0 fully saturated rings. The van der Waals surface area contributed by atoms with E-state index in [1.165, 1.54) is 0 Å². The fraction of sp³-hybridized carbons (Fsp3) is 0.545. The van der Waals surface area contributed by atoms with E-state index in [0.29, 0.717) is 0 Å². The monoisotopic (exact) mass is 299 g/mol. The predicted molar refractivity (Wildman–Crippen MR) is 70.1 cm³/mol. The number of esters is 1. The van der Waals surface area contributed by atoms with Gasteiger partial charge in [0.15, 0.2) is 0 Å². The first-order valence-corrected chi connectivity index (χ1v) is 6.02. The zero-order valence-electron chi connectivity index (χ0n) is 11.8. The van der Waals surface area contributed by atoms with Crippen molar-refractivity contribution in [1.29, 1.82) is 0 Å². The van der Waals surface area contributed by atoms with Crippen LogP contribution in [0.5, 0.6) is 0 Å². The number of hydrogen-bond acceptors (Lipinski definition) is 7. The number of H-pyrrole nitrogens is 1. The van der Waals surface area contributed by atoms with Gasteiger partial charge in [-0.25, -0.2) is 4.79 Å². The Morgan fingerprint density at radius 1 is 1.43 bits per heavy atom. The average molecular weight is 299 g/mol. The molecular weight excluding hydrogens is 282 g/mol. The molecule has 116 valence electrons. The molecule has 1 aromatic rings. The lowest BCUT2D eigenvalue weighted by molar-refractivity contribution is -0.158. The molecule has 1 amide bonds. The molecule has 1 atom stereocenters. The highest BCUT2D eigenvalue weighted by atomic mass is 16.6. The van der Waals surface area contributed by atoms with Gasteiger partial charge >= 0.3 is 11.9 Å². The van der Waals surface area contributed by atoms with E-state index in [9.17, 15) is 14.4 Å². The molecule has 10 nitrogen and oxygen atoms in total. The van der Waals surface area contributed by atoms with Crippen molar-refractivity contribution in [2.24, 2.45) is 0 Å². The summed E-state index contributed by atoms with van der Waals surface area (Å²) in [6, 6.07) is -1.45. The quantitative estimate of drug-likeness (QED) is 0.519. The Morgan fingerprint density at radius 2 is 2.05 bits per heavy atom. The summed E-state index contributed by atoms with van der Waals surface area (Å²) in [6.45, 7) is 4.95. The summed E-state index contributed by atoms with van der Waals surface area (Å²) in [5.74, 6) is -3.36. The number of anilines is 1. The van der Waals surface area contributed by atoms with E-state index >= 15 is 0 Å². The Balaban J connectivity index is 2.68. The number of hydrogen-bond donors (Lipinski definition) is 4. The molecule has 0 aromatic carbocycles. The molecule has 0 aliphatic carbocycles. The molecule has 0 spiro atoms. The lowest BCUT2D eigenvalue weighted by atomic mass is 10.1. The number of carboxylic acid groups (broad SMARTS) is 1. The highest BCUT2D eigenvalue weighted by Crippen LogP contribution is 2.09. The number of carbonyl (C=O) groups excluding carboxylic acids is 2. The van der Waals surface area contributed by atoms with Crippen molar-refractivity contribution in [2.45, 2.75) is 38.8 Å². The number of ether oxygens (including phenoxy) is 1. The van der Waals surface area contributed by atoms with E-state index in [4.69, 9.17) is 15.6 Å². The third-order valence-corrected chi connectivity index (χ3v) is 2.11. The zero-order valence-corrected chi connectivity index (χ0v) is 11.8. The largest absolute Gasteiger partial charge is 0.480 e. The number of carbonyl (C=O) groups is 3. The second kappa shape index (κ2) is 6.20. The van der Waals surface area contributed by atoms with E-state index in [1.54, 1.807) is 20.8 Å². The maximum absolute atomic E-state index is 11.7. The number of aromatic amines is 1. The van der Waals surface area contributed by atoms with E-state index < -0.39 is 35.9 Å². The molecular formula is C11H17N5O5. The van der Waals surface area contributed by atoms with Crippen molar-refractivity contribution in [3.63, 3.8) is 0 Å². The lowest BCUT2D eigenvalue weighted by Crippen LogP contribution is -2.43. The van der Waals surface area contributed by atoms with Crippen LogP contribution in [-0.2, 0) is 14.3 Å². The molecule has 0 unspecified atom stereocenters.